The van der Waals surface area contributed by atoms with Crippen LogP contribution in [0.1, 0.15) is 35.0 Å². The van der Waals surface area contributed by atoms with Crippen molar-refractivity contribution in [2.45, 2.75) is 33.2 Å². The quantitative estimate of drug-likeness (QED) is 0.603. The second-order valence-electron chi connectivity index (χ2n) is 5.83. The van der Waals surface area contributed by atoms with Crippen molar-refractivity contribution < 1.29 is 9.59 Å². The lowest BCUT2D eigenvalue weighted by atomic mass is 10.1. The summed E-state index contributed by atoms with van der Waals surface area (Å²) in [4.78, 5) is 31.4. The first kappa shape index (κ1) is 18.2. The van der Waals surface area contributed by atoms with E-state index < -0.39 is 17.9 Å². The lowest BCUT2D eigenvalue weighted by Crippen LogP contribution is -2.35. The molecule has 2 amide bonds. The summed E-state index contributed by atoms with van der Waals surface area (Å²) in [7, 11) is 0. The highest BCUT2D eigenvalue weighted by molar-refractivity contribution is 5.96. The van der Waals surface area contributed by atoms with Gasteiger partial charge < -0.3 is 22.1 Å². The van der Waals surface area contributed by atoms with Gasteiger partial charge in [0.05, 0.1) is 6.20 Å². The molecule has 0 aliphatic heterocycles. The number of nitrogens with zero attached hydrogens (tertiary/aromatic N) is 2. The third-order valence-corrected chi connectivity index (χ3v) is 3.56. The highest BCUT2D eigenvalue weighted by Crippen LogP contribution is 2.22. The molecular formula is C17H22N6O2. The minimum atomic E-state index is -0.701. The molecule has 1 heterocycles. The number of benzene rings is 1. The number of carbonyl (C=O) groups excluding carboxylic acids is 2. The van der Waals surface area contributed by atoms with Gasteiger partial charge in [-0.3, -0.25) is 9.59 Å². The van der Waals surface area contributed by atoms with Crippen LogP contribution < -0.4 is 22.1 Å². The van der Waals surface area contributed by atoms with Crippen molar-refractivity contribution in [3.8, 4) is 0 Å². The molecule has 25 heavy (non-hydrogen) atoms. The number of aryl methyl sites for hydroxylation is 2. The van der Waals surface area contributed by atoms with Crippen LogP contribution in [0.4, 0.5) is 17.3 Å². The average Bonchev–Trinajstić information content (AvgIpc) is 2.51. The number of aromatic nitrogens is 2. The molecule has 2 aromatic rings. The maximum atomic E-state index is 11.6. The van der Waals surface area contributed by atoms with Gasteiger partial charge in [0, 0.05) is 5.69 Å². The van der Waals surface area contributed by atoms with E-state index in [1.807, 2.05) is 39.0 Å². The second kappa shape index (κ2) is 7.61. The molecule has 1 aromatic carbocycles. The first-order valence-corrected chi connectivity index (χ1v) is 7.88. The van der Waals surface area contributed by atoms with Gasteiger partial charge in [-0.05, 0) is 43.5 Å². The number of hydrogen-bond donors (Lipinski definition) is 4. The number of primary amides is 2. The van der Waals surface area contributed by atoms with E-state index in [1.165, 1.54) is 6.20 Å². The Labute approximate surface area is 146 Å². The lowest BCUT2D eigenvalue weighted by molar-refractivity contribution is -0.118. The maximum absolute atomic E-state index is 11.6. The third kappa shape index (κ3) is 4.66. The molecule has 1 aromatic heterocycles. The van der Waals surface area contributed by atoms with Gasteiger partial charge in [0.25, 0.3) is 5.91 Å². The smallest absolute Gasteiger partial charge is 0.271 e. The Balaban J connectivity index is 2.37. The van der Waals surface area contributed by atoms with Gasteiger partial charge in [-0.2, -0.15) is 0 Å². The van der Waals surface area contributed by atoms with Crippen molar-refractivity contribution in [3.05, 3.63) is 41.2 Å². The zero-order valence-corrected chi connectivity index (χ0v) is 14.5. The van der Waals surface area contributed by atoms with Crippen molar-refractivity contribution in [2.24, 2.45) is 11.5 Å². The highest BCUT2D eigenvalue weighted by Gasteiger charge is 2.17. The van der Waals surface area contributed by atoms with Crippen LogP contribution in [0.3, 0.4) is 0 Å². The van der Waals surface area contributed by atoms with E-state index in [-0.39, 0.29) is 11.5 Å². The number of amides is 2. The molecule has 8 nitrogen and oxygen atoms in total. The molecule has 1 atom stereocenters. The van der Waals surface area contributed by atoms with Gasteiger partial charge >= 0.3 is 0 Å². The predicted octanol–water partition coefficient (Wildman–Crippen LogP) is 1.61. The molecule has 1 unspecified atom stereocenters. The molecule has 132 valence electrons. The van der Waals surface area contributed by atoms with Crippen molar-refractivity contribution >= 4 is 29.1 Å². The number of hydrogen-bond acceptors (Lipinski definition) is 6. The minimum absolute atomic E-state index is 0.0110. The van der Waals surface area contributed by atoms with Crippen molar-refractivity contribution in [3.63, 3.8) is 0 Å². The Kier molecular flexibility index (Phi) is 5.53. The molecule has 0 bridgehead atoms. The monoisotopic (exact) mass is 342 g/mol. The van der Waals surface area contributed by atoms with E-state index in [4.69, 9.17) is 11.5 Å². The normalized spacial score (nSPS) is 11.6. The van der Waals surface area contributed by atoms with Crippen molar-refractivity contribution in [1.29, 1.82) is 0 Å². The zero-order chi connectivity index (χ0) is 18.6. The molecule has 0 saturated heterocycles. The molecule has 0 spiro atoms. The van der Waals surface area contributed by atoms with E-state index in [9.17, 15) is 9.59 Å². The van der Waals surface area contributed by atoms with Crippen LogP contribution in [0.15, 0.2) is 24.4 Å². The Morgan fingerprint density at radius 3 is 2.32 bits per heavy atom. The number of nitrogens with two attached hydrogens (primary N) is 2. The van der Waals surface area contributed by atoms with E-state index in [0.29, 0.717) is 12.2 Å². The first-order chi connectivity index (χ1) is 11.8. The van der Waals surface area contributed by atoms with Crippen LogP contribution in [0.5, 0.6) is 0 Å². The number of nitrogens with one attached hydrogen (secondary N) is 2. The average molecular weight is 342 g/mol. The van der Waals surface area contributed by atoms with Gasteiger partial charge in [0.15, 0.2) is 11.5 Å². The van der Waals surface area contributed by atoms with Gasteiger partial charge in [-0.25, -0.2) is 9.97 Å². The first-order valence-electron chi connectivity index (χ1n) is 7.88. The van der Waals surface area contributed by atoms with Crippen LogP contribution in [0.2, 0.25) is 0 Å². The number of anilines is 3. The Bertz CT molecular complexity index is 785. The van der Waals surface area contributed by atoms with Gasteiger partial charge in [-0.1, -0.05) is 13.0 Å². The Hall–Kier alpha value is -3.16. The fraction of sp³-hybridized carbons (Fsp3) is 0.294. The lowest BCUT2D eigenvalue weighted by Gasteiger charge is -2.16. The van der Waals surface area contributed by atoms with Crippen LogP contribution in [0.25, 0.3) is 0 Å². The molecule has 0 fully saturated rings. The Morgan fingerprint density at radius 1 is 1.16 bits per heavy atom. The summed E-state index contributed by atoms with van der Waals surface area (Å²) < 4.78 is 0. The molecule has 0 aliphatic carbocycles. The van der Waals surface area contributed by atoms with E-state index in [2.05, 4.69) is 20.6 Å². The standard InChI is InChI=1S/C17H22N6O2/c1-4-12(15(18)24)22-13-8-20-14(16(19)25)17(23-13)21-11-6-9(2)5-10(3)7-11/h5-8,12H,4H2,1-3H3,(H2,18,24)(H2,19,25)(H2,21,22,23). The van der Waals surface area contributed by atoms with E-state index >= 15 is 0 Å². The van der Waals surface area contributed by atoms with E-state index in [1.54, 1.807) is 0 Å². The second-order valence-corrected chi connectivity index (χ2v) is 5.83. The van der Waals surface area contributed by atoms with Crippen LogP contribution in [-0.4, -0.2) is 27.8 Å². The van der Waals surface area contributed by atoms with Gasteiger partial charge in [-0.15, -0.1) is 0 Å². The molecule has 0 radical (unpaired) electrons. The van der Waals surface area contributed by atoms with Crippen LogP contribution in [-0.2, 0) is 4.79 Å². The van der Waals surface area contributed by atoms with Gasteiger partial charge in [0.2, 0.25) is 5.91 Å². The molecule has 0 aliphatic rings. The third-order valence-electron chi connectivity index (χ3n) is 3.56. The van der Waals surface area contributed by atoms with Crippen LogP contribution in [0, 0.1) is 13.8 Å². The number of rotatable bonds is 7. The summed E-state index contributed by atoms with van der Waals surface area (Å²) in [6, 6.07) is 5.28. The van der Waals surface area contributed by atoms with Crippen molar-refractivity contribution in [2.75, 3.05) is 10.6 Å². The SMILES string of the molecule is CCC(Nc1cnc(C(N)=O)c(Nc2cc(C)cc(C)c2)n1)C(N)=O. The topological polar surface area (TPSA) is 136 Å². The summed E-state index contributed by atoms with van der Waals surface area (Å²) in [5, 5.41) is 5.97. The fourth-order valence-corrected chi connectivity index (χ4v) is 2.46. The summed E-state index contributed by atoms with van der Waals surface area (Å²) in [5.74, 6) is -0.663. The zero-order valence-electron chi connectivity index (χ0n) is 14.5. The summed E-state index contributed by atoms with van der Waals surface area (Å²) >= 11 is 0. The van der Waals surface area contributed by atoms with Gasteiger partial charge in [0.1, 0.15) is 11.9 Å². The molecule has 0 saturated carbocycles. The highest BCUT2D eigenvalue weighted by atomic mass is 16.1. The summed E-state index contributed by atoms with van der Waals surface area (Å²) in [6.07, 6.45) is 1.84. The molecule has 2 rings (SSSR count). The maximum Gasteiger partial charge on any atom is 0.271 e. The number of carbonyl (C=O) groups is 2. The minimum Gasteiger partial charge on any atom is -0.368 e. The van der Waals surface area contributed by atoms with E-state index in [0.717, 1.165) is 16.8 Å². The largest absolute Gasteiger partial charge is 0.368 e. The molecular weight excluding hydrogens is 320 g/mol. The predicted molar refractivity (Wildman–Crippen MR) is 96.6 cm³/mol. The molecule has 6 N–H and O–H groups in total. The summed E-state index contributed by atoms with van der Waals surface area (Å²) in [5.41, 5.74) is 13.6. The van der Waals surface area contributed by atoms with Crippen LogP contribution >= 0.6 is 0 Å². The fourth-order valence-electron chi connectivity index (χ4n) is 2.46. The Morgan fingerprint density at radius 2 is 1.80 bits per heavy atom. The molecule has 8 heteroatoms. The van der Waals surface area contributed by atoms with Crippen molar-refractivity contribution in [1.82, 2.24) is 9.97 Å². The summed E-state index contributed by atoms with van der Waals surface area (Å²) in [6.45, 7) is 5.76.